The number of aliphatic hydroxyl groups excluding tert-OH is 1. The van der Waals surface area contributed by atoms with E-state index in [4.69, 9.17) is 33.7 Å². The molecular weight excluding hydrogens is 541 g/mol. The number of hydrogen-bond acceptors (Lipinski definition) is 4. The molecule has 4 nitrogen and oxygen atoms in total. The van der Waals surface area contributed by atoms with Crippen LogP contribution in [0.4, 0.5) is 26.3 Å². The van der Waals surface area contributed by atoms with E-state index >= 15 is 0 Å². The maximum atomic E-state index is 12.1. The van der Waals surface area contributed by atoms with Crippen molar-refractivity contribution < 1.29 is 36.2 Å². The number of aliphatic hydroxyl groups is 1. The van der Waals surface area contributed by atoms with Crippen molar-refractivity contribution >= 4 is 46.6 Å². The summed E-state index contributed by atoms with van der Waals surface area (Å²) in [5.74, 6) is -0.800. The van der Waals surface area contributed by atoms with Gasteiger partial charge in [0.15, 0.2) is 0 Å². The number of thioether (sulfide) groups is 1. The second-order valence-corrected chi connectivity index (χ2v) is 8.55. The number of carbonyl (C=O) groups excluding carboxylic acids is 1. The van der Waals surface area contributed by atoms with Crippen LogP contribution >= 0.6 is 35.0 Å². The van der Waals surface area contributed by atoms with Gasteiger partial charge >= 0.3 is 12.9 Å². The number of benzene rings is 2. The first-order chi connectivity index (χ1) is 16.2. The monoisotopic (exact) mass is 564 g/mol. The number of rotatable bonds is 7. The Morgan fingerprint density at radius 3 is 2.09 bits per heavy atom. The van der Waals surface area contributed by atoms with Gasteiger partial charge in [0.05, 0.1) is 5.75 Å². The lowest BCUT2D eigenvalue weighted by Gasteiger charge is -2.11. The van der Waals surface area contributed by atoms with Crippen LogP contribution in [0.15, 0.2) is 41.3 Å². The van der Waals surface area contributed by atoms with E-state index in [0.717, 1.165) is 27.8 Å². The molecule has 2 aromatic rings. The van der Waals surface area contributed by atoms with Crippen LogP contribution in [0.25, 0.3) is 0 Å². The first-order valence-corrected chi connectivity index (χ1v) is 11.5. The first kappa shape index (κ1) is 33.0. The molecule has 2 rings (SSSR count). The van der Waals surface area contributed by atoms with Crippen LogP contribution in [-0.2, 0) is 11.2 Å². The zero-order chi connectivity index (χ0) is 27.2. The molecule has 0 fully saturated rings. The molecule has 0 radical (unpaired) electrons. The third-order valence-corrected chi connectivity index (χ3v) is 5.28. The first-order valence-electron chi connectivity index (χ1n) is 9.81. The van der Waals surface area contributed by atoms with Crippen LogP contribution in [0.5, 0.6) is 0 Å². The zero-order valence-corrected chi connectivity index (χ0v) is 21.0. The van der Waals surface area contributed by atoms with Crippen molar-refractivity contribution in [3.63, 3.8) is 0 Å². The van der Waals surface area contributed by atoms with E-state index in [0.29, 0.717) is 27.7 Å². The van der Waals surface area contributed by atoms with E-state index in [2.05, 4.69) is 0 Å². The number of alkyl halides is 6. The van der Waals surface area contributed by atoms with Gasteiger partial charge in [-0.3, -0.25) is 4.79 Å². The molecule has 0 spiro atoms. The Morgan fingerprint density at radius 2 is 1.63 bits per heavy atom. The highest BCUT2D eigenvalue weighted by molar-refractivity contribution is 8.00. The van der Waals surface area contributed by atoms with Crippen molar-refractivity contribution in [3.05, 3.63) is 63.1 Å². The Morgan fingerprint density at radius 1 is 1.11 bits per heavy atom. The van der Waals surface area contributed by atoms with Gasteiger partial charge in [-0.1, -0.05) is 29.3 Å². The molecule has 0 aromatic heterocycles. The van der Waals surface area contributed by atoms with E-state index in [1.165, 1.54) is 0 Å². The smallest absolute Gasteiger partial charge is 0.397 e. The SMILES string of the molecule is CCO.Cc1cc(C(=N)Cc2cc(Cl)cc(Cl)c2)ccc1SCC(=O)NCC(F)(F)F.FC(F)F. The van der Waals surface area contributed by atoms with Crippen molar-refractivity contribution in [2.24, 2.45) is 0 Å². The third kappa shape index (κ3) is 16.4. The van der Waals surface area contributed by atoms with E-state index < -0.39 is 25.3 Å². The average molecular weight is 565 g/mol. The zero-order valence-electron chi connectivity index (χ0n) is 18.7. The summed E-state index contributed by atoms with van der Waals surface area (Å²) in [6, 6.07) is 10.4. The molecule has 0 aliphatic carbocycles. The Labute approximate surface area is 213 Å². The molecule has 0 bridgehead atoms. The van der Waals surface area contributed by atoms with Crippen LogP contribution in [0.1, 0.15) is 23.6 Å². The molecular formula is C22H24Cl2F6N2O2S. The van der Waals surface area contributed by atoms with Gasteiger partial charge in [0.1, 0.15) is 6.54 Å². The van der Waals surface area contributed by atoms with Crippen LogP contribution in [0.2, 0.25) is 10.0 Å². The summed E-state index contributed by atoms with van der Waals surface area (Å²) < 4.78 is 65.3. The minimum atomic E-state index is -4.43. The van der Waals surface area contributed by atoms with Gasteiger partial charge in [0, 0.05) is 33.7 Å². The van der Waals surface area contributed by atoms with Crippen molar-refractivity contribution in [2.45, 2.75) is 38.0 Å². The summed E-state index contributed by atoms with van der Waals surface area (Å²) >= 11 is 13.1. The highest BCUT2D eigenvalue weighted by Gasteiger charge is 2.27. The second-order valence-electron chi connectivity index (χ2n) is 6.66. The fourth-order valence-electron chi connectivity index (χ4n) is 2.41. The maximum Gasteiger partial charge on any atom is 0.405 e. The van der Waals surface area contributed by atoms with E-state index in [1.54, 1.807) is 37.3 Å². The van der Waals surface area contributed by atoms with Gasteiger partial charge in [0.2, 0.25) is 5.91 Å². The Bertz CT molecular complexity index is 939. The lowest BCUT2D eigenvalue weighted by molar-refractivity contribution is -0.136. The van der Waals surface area contributed by atoms with Gasteiger partial charge in [-0.05, 0) is 60.9 Å². The third-order valence-electron chi connectivity index (χ3n) is 3.67. The van der Waals surface area contributed by atoms with Crippen LogP contribution < -0.4 is 5.32 Å². The fourth-order valence-corrected chi connectivity index (χ4v) is 3.82. The van der Waals surface area contributed by atoms with Crippen LogP contribution in [0.3, 0.4) is 0 Å². The summed E-state index contributed by atoms with van der Waals surface area (Å²) in [6.45, 7) is -1.25. The average Bonchev–Trinajstić information content (AvgIpc) is 2.70. The Kier molecular flexibility index (Phi) is 15.7. The molecule has 0 aliphatic heterocycles. The topological polar surface area (TPSA) is 73.2 Å². The molecule has 2 aromatic carbocycles. The van der Waals surface area contributed by atoms with Gasteiger partial charge in [-0.15, -0.1) is 11.8 Å². The molecule has 0 unspecified atom stereocenters. The number of carbonyl (C=O) groups is 1. The number of amides is 1. The maximum absolute atomic E-state index is 12.1. The van der Waals surface area contributed by atoms with Crippen molar-refractivity contribution in [3.8, 4) is 0 Å². The Hall–Kier alpha value is -1.95. The predicted molar refractivity (Wildman–Crippen MR) is 128 cm³/mol. The molecule has 1 amide bonds. The second kappa shape index (κ2) is 16.7. The minimum absolute atomic E-state index is 0.116. The molecule has 0 heterocycles. The summed E-state index contributed by atoms with van der Waals surface area (Å²) in [4.78, 5) is 12.3. The van der Waals surface area contributed by atoms with E-state index in [9.17, 15) is 31.1 Å². The standard InChI is InChI=1S/C19H17Cl2F3N2OS.C2H6O.CHF3/c1-11-4-13(16(25)7-12-5-14(20)8-15(21)6-12)2-3-17(11)28-9-18(27)26-10-19(22,23)24;1-2-3;2-1(3)4/h2-6,8,25H,7,9-10H2,1H3,(H,26,27);3H,2H2,1H3;1H. The Balaban J connectivity index is 0.00000146. The van der Waals surface area contributed by atoms with E-state index in [-0.39, 0.29) is 12.4 Å². The normalized spacial score (nSPS) is 10.6. The molecule has 0 saturated carbocycles. The number of nitrogens with one attached hydrogen (secondary N) is 2. The lowest BCUT2D eigenvalue weighted by Crippen LogP contribution is -2.34. The predicted octanol–water partition coefficient (Wildman–Crippen LogP) is 6.86. The summed E-state index contributed by atoms with van der Waals surface area (Å²) in [5, 5.41) is 18.7. The molecule has 3 N–H and O–H groups in total. The number of aryl methyl sites for hydroxylation is 1. The minimum Gasteiger partial charge on any atom is -0.397 e. The van der Waals surface area contributed by atoms with Crippen LogP contribution in [-0.4, -0.2) is 48.5 Å². The van der Waals surface area contributed by atoms with Gasteiger partial charge < -0.3 is 15.8 Å². The molecule has 0 aliphatic rings. The summed E-state index contributed by atoms with van der Waals surface area (Å²) in [7, 11) is 0. The molecule has 13 heteroatoms. The molecule has 196 valence electrons. The fraction of sp³-hybridized carbons (Fsp3) is 0.364. The number of halogens is 8. The van der Waals surface area contributed by atoms with Gasteiger partial charge in [-0.2, -0.15) is 26.3 Å². The summed E-state index contributed by atoms with van der Waals surface area (Å²) in [6.07, 6.45) is -4.07. The lowest BCUT2D eigenvalue weighted by atomic mass is 10.0. The highest BCUT2D eigenvalue weighted by Crippen LogP contribution is 2.25. The van der Waals surface area contributed by atoms with E-state index in [1.807, 2.05) is 18.3 Å². The highest BCUT2D eigenvalue weighted by atomic mass is 35.5. The molecule has 0 atom stereocenters. The molecule has 35 heavy (non-hydrogen) atoms. The quantitative estimate of drug-likeness (QED) is 0.195. The van der Waals surface area contributed by atoms with Crippen molar-refractivity contribution in [1.82, 2.24) is 5.32 Å². The van der Waals surface area contributed by atoms with Gasteiger partial charge in [0.25, 0.3) is 0 Å². The largest absolute Gasteiger partial charge is 0.405 e. The summed E-state index contributed by atoms with van der Waals surface area (Å²) in [5.41, 5.74) is 2.74. The van der Waals surface area contributed by atoms with Crippen molar-refractivity contribution in [2.75, 3.05) is 18.9 Å². The number of hydrogen-bond donors (Lipinski definition) is 3. The molecule has 0 saturated heterocycles. The van der Waals surface area contributed by atoms with Crippen LogP contribution in [0, 0.1) is 12.3 Å². The van der Waals surface area contributed by atoms with Crippen molar-refractivity contribution in [1.29, 1.82) is 5.41 Å². The van der Waals surface area contributed by atoms with Gasteiger partial charge in [-0.25, -0.2) is 0 Å².